The van der Waals surface area contributed by atoms with Gasteiger partial charge in [-0.05, 0) is 61.1 Å². The molecule has 36 heavy (non-hydrogen) atoms. The third-order valence-electron chi connectivity index (χ3n) is 6.41. The van der Waals surface area contributed by atoms with Crippen LogP contribution in [0.3, 0.4) is 0 Å². The second kappa shape index (κ2) is 10.8. The maximum Gasteiger partial charge on any atom is 0.273 e. The van der Waals surface area contributed by atoms with Crippen LogP contribution in [0.2, 0.25) is 5.02 Å². The van der Waals surface area contributed by atoms with Crippen molar-refractivity contribution >= 4 is 17.5 Å². The topological polar surface area (TPSA) is 108 Å². The molecule has 2 aromatic carbocycles. The fourth-order valence-corrected chi connectivity index (χ4v) is 4.62. The van der Waals surface area contributed by atoms with Crippen molar-refractivity contribution in [3.05, 3.63) is 57.7 Å². The van der Waals surface area contributed by atoms with Gasteiger partial charge in [0.2, 0.25) is 0 Å². The lowest BCUT2D eigenvalue weighted by Gasteiger charge is -2.27. The van der Waals surface area contributed by atoms with Crippen LogP contribution in [0.1, 0.15) is 59.9 Å². The predicted octanol–water partition coefficient (Wildman–Crippen LogP) is 5.11. The number of fused-ring (bicyclic) bond motifs is 1. The summed E-state index contributed by atoms with van der Waals surface area (Å²) < 4.78 is 11.6. The Hall–Kier alpha value is -3.23. The molecule has 1 aliphatic heterocycles. The summed E-state index contributed by atoms with van der Waals surface area (Å²) in [5.41, 5.74) is 3.41. The second-order valence-electron chi connectivity index (χ2n) is 9.40. The van der Waals surface area contributed by atoms with Gasteiger partial charge in [0.05, 0.1) is 19.8 Å². The number of carbonyl (C=O) groups excluding carboxylic acids is 1. The standard InChI is InChI=1S/C27H32ClN3O5/c1-15(2)8-11-36-21-7-6-17(13-22(21)35-4)26-23-24(18-14-19(28)16(3)12-20(18)33)29-30-25(23)27(34)31(26)9-5-10-32/h6-7,12-15,26,32-33H,5,8-11H2,1-4H3,(H,29,30)/t26-/m1/s1. The quantitative estimate of drug-likeness (QED) is 0.348. The minimum absolute atomic E-state index is 0.0256. The van der Waals surface area contributed by atoms with Crippen LogP contribution in [0.15, 0.2) is 30.3 Å². The number of H-pyrrole nitrogens is 1. The third kappa shape index (κ3) is 4.88. The van der Waals surface area contributed by atoms with Gasteiger partial charge < -0.3 is 24.6 Å². The average Bonchev–Trinajstić information content (AvgIpc) is 3.38. The van der Waals surface area contributed by atoms with Crippen molar-refractivity contribution in [1.29, 1.82) is 0 Å². The molecular formula is C27H32ClN3O5. The fraction of sp³-hybridized carbons (Fsp3) is 0.407. The molecular weight excluding hydrogens is 482 g/mol. The monoisotopic (exact) mass is 513 g/mol. The number of phenols is 1. The zero-order valence-corrected chi connectivity index (χ0v) is 21.7. The van der Waals surface area contributed by atoms with Gasteiger partial charge in [-0.2, -0.15) is 5.10 Å². The molecule has 0 bridgehead atoms. The highest BCUT2D eigenvalue weighted by Crippen LogP contribution is 2.46. The van der Waals surface area contributed by atoms with E-state index in [0.29, 0.717) is 64.5 Å². The number of nitrogens with zero attached hydrogens (tertiary/aromatic N) is 2. The van der Waals surface area contributed by atoms with Gasteiger partial charge in [-0.3, -0.25) is 9.89 Å². The first-order valence-corrected chi connectivity index (χ1v) is 12.4. The molecule has 3 N–H and O–H groups in total. The van der Waals surface area contributed by atoms with E-state index < -0.39 is 6.04 Å². The Morgan fingerprint density at radius 2 is 2.00 bits per heavy atom. The largest absolute Gasteiger partial charge is 0.507 e. The summed E-state index contributed by atoms with van der Waals surface area (Å²) in [5.74, 6) is 1.51. The van der Waals surface area contributed by atoms with Crippen LogP contribution in [0.25, 0.3) is 11.3 Å². The zero-order chi connectivity index (χ0) is 26.0. The van der Waals surface area contributed by atoms with E-state index in [9.17, 15) is 15.0 Å². The van der Waals surface area contributed by atoms with Crippen molar-refractivity contribution in [2.75, 3.05) is 26.9 Å². The number of aliphatic hydroxyl groups excluding tert-OH is 1. The Morgan fingerprint density at radius 3 is 2.69 bits per heavy atom. The number of methoxy groups -OCH3 is 1. The molecule has 0 saturated heterocycles. The highest BCUT2D eigenvalue weighted by molar-refractivity contribution is 6.31. The number of ether oxygens (including phenoxy) is 2. The lowest BCUT2D eigenvalue weighted by atomic mass is 9.95. The number of hydrogen-bond acceptors (Lipinski definition) is 6. The van der Waals surface area contributed by atoms with Crippen LogP contribution >= 0.6 is 11.6 Å². The first kappa shape index (κ1) is 25.9. The summed E-state index contributed by atoms with van der Waals surface area (Å²) >= 11 is 6.37. The van der Waals surface area contributed by atoms with Crippen molar-refractivity contribution < 1.29 is 24.5 Å². The van der Waals surface area contributed by atoms with Gasteiger partial charge in [-0.25, -0.2) is 0 Å². The van der Waals surface area contributed by atoms with Crippen LogP contribution < -0.4 is 9.47 Å². The molecule has 9 heteroatoms. The van der Waals surface area contributed by atoms with Crippen molar-refractivity contribution in [2.24, 2.45) is 5.92 Å². The fourth-order valence-electron chi connectivity index (χ4n) is 4.45. The number of aromatic hydroxyl groups is 1. The maximum atomic E-state index is 13.4. The molecule has 1 aromatic heterocycles. The molecule has 8 nitrogen and oxygen atoms in total. The number of carbonyl (C=O) groups is 1. The van der Waals surface area contributed by atoms with Gasteiger partial charge in [-0.1, -0.05) is 31.5 Å². The van der Waals surface area contributed by atoms with Crippen LogP contribution in [-0.2, 0) is 0 Å². The number of rotatable bonds is 10. The van der Waals surface area contributed by atoms with E-state index in [4.69, 9.17) is 21.1 Å². The Morgan fingerprint density at radius 1 is 1.22 bits per heavy atom. The lowest BCUT2D eigenvalue weighted by Crippen LogP contribution is -2.31. The van der Waals surface area contributed by atoms with Gasteiger partial charge in [0.15, 0.2) is 11.5 Å². The molecule has 0 aliphatic carbocycles. The molecule has 2 heterocycles. The highest BCUT2D eigenvalue weighted by atomic mass is 35.5. The van der Waals surface area contributed by atoms with E-state index in [-0.39, 0.29) is 18.3 Å². The summed E-state index contributed by atoms with van der Waals surface area (Å²) in [7, 11) is 1.58. The number of nitrogens with one attached hydrogen (secondary N) is 1. The summed E-state index contributed by atoms with van der Waals surface area (Å²) in [4.78, 5) is 15.1. The van der Waals surface area contributed by atoms with Gasteiger partial charge in [0, 0.05) is 29.3 Å². The molecule has 0 saturated carbocycles. The van der Waals surface area contributed by atoms with Crippen LogP contribution in [0.5, 0.6) is 17.2 Å². The molecule has 1 atom stereocenters. The first-order chi connectivity index (χ1) is 17.3. The van der Waals surface area contributed by atoms with E-state index in [1.165, 1.54) is 0 Å². The molecule has 192 valence electrons. The molecule has 0 unspecified atom stereocenters. The number of benzene rings is 2. The van der Waals surface area contributed by atoms with Gasteiger partial charge >= 0.3 is 0 Å². The smallest absolute Gasteiger partial charge is 0.273 e. The summed E-state index contributed by atoms with van der Waals surface area (Å²) in [5, 5.41) is 27.9. The van der Waals surface area contributed by atoms with Crippen LogP contribution in [0.4, 0.5) is 0 Å². The summed E-state index contributed by atoms with van der Waals surface area (Å²) in [6.45, 7) is 6.96. The van der Waals surface area contributed by atoms with Gasteiger partial charge in [-0.15, -0.1) is 0 Å². The predicted molar refractivity (Wildman–Crippen MR) is 138 cm³/mol. The number of aromatic nitrogens is 2. The van der Waals surface area contributed by atoms with E-state index in [2.05, 4.69) is 24.0 Å². The molecule has 3 aromatic rings. The molecule has 1 aliphatic rings. The number of phenolic OH excluding ortho intramolecular Hbond substituents is 1. The Kier molecular flexibility index (Phi) is 7.76. The molecule has 0 spiro atoms. The number of aromatic amines is 1. The minimum atomic E-state index is -0.508. The molecule has 0 fully saturated rings. The van der Waals surface area contributed by atoms with Crippen LogP contribution in [0, 0.1) is 12.8 Å². The maximum absolute atomic E-state index is 13.4. The number of hydrogen-bond donors (Lipinski definition) is 3. The van der Waals surface area contributed by atoms with Gasteiger partial charge in [0.25, 0.3) is 5.91 Å². The Bertz CT molecular complexity index is 1260. The SMILES string of the molecule is COc1cc([C@@H]2c3c(-c4cc(Cl)c(C)cc4O)n[nH]c3C(=O)N2CCCO)ccc1OCCC(C)C. The summed E-state index contributed by atoms with van der Waals surface area (Å²) in [6, 6.07) is 8.35. The summed E-state index contributed by atoms with van der Waals surface area (Å²) in [6.07, 6.45) is 1.34. The highest BCUT2D eigenvalue weighted by Gasteiger charge is 2.42. The minimum Gasteiger partial charge on any atom is -0.507 e. The molecule has 4 rings (SSSR count). The number of halogens is 1. The van der Waals surface area contributed by atoms with Crippen molar-refractivity contribution in [1.82, 2.24) is 15.1 Å². The zero-order valence-electron chi connectivity index (χ0n) is 21.0. The van der Waals surface area contributed by atoms with Crippen molar-refractivity contribution in [2.45, 2.75) is 39.7 Å². The van der Waals surface area contributed by atoms with E-state index >= 15 is 0 Å². The normalized spacial score (nSPS) is 15.0. The number of aliphatic hydroxyl groups is 1. The number of amides is 1. The Labute approximate surface area is 215 Å². The molecule has 0 radical (unpaired) electrons. The van der Waals surface area contributed by atoms with E-state index in [1.54, 1.807) is 31.1 Å². The Balaban J connectivity index is 1.80. The van der Waals surface area contributed by atoms with Crippen molar-refractivity contribution in [3.63, 3.8) is 0 Å². The number of aryl methyl sites for hydroxylation is 1. The van der Waals surface area contributed by atoms with E-state index in [1.807, 2.05) is 18.2 Å². The molecule has 1 amide bonds. The third-order valence-corrected chi connectivity index (χ3v) is 6.82. The average molecular weight is 514 g/mol. The first-order valence-electron chi connectivity index (χ1n) is 12.1. The van der Waals surface area contributed by atoms with Gasteiger partial charge in [0.1, 0.15) is 17.1 Å². The second-order valence-corrected chi connectivity index (χ2v) is 9.81. The van der Waals surface area contributed by atoms with Crippen molar-refractivity contribution in [3.8, 4) is 28.5 Å². The van der Waals surface area contributed by atoms with Crippen LogP contribution in [-0.4, -0.2) is 58.1 Å². The lowest BCUT2D eigenvalue weighted by molar-refractivity contribution is 0.0732. The van der Waals surface area contributed by atoms with E-state index in [0.717, 1.165) is 17.5 Å².